The third kappa shape index (κ3) is 4.99. The maximum atomic E-state index is 12.1. The fraction of sp³-hybridized carbons (Fsp3) is 0.381. The average molecular weight is 337 g/mol. The summed E-state index contributed by atoms with van der Waals surface area (Å²) in [5.74, 6) is 0.0331. The Morgan fingerprint density at radius 1 is 0.960 bits per heavy atom. The van der Waals surface area contributed by atoms with Gasteiger partial charge in [0.15, 0.2) is 0 Å². The molecule has 2 N–H and O–H groups in total. The number of nitrogens with one attached hydrogen (secondary N) is 2. The molecule has 0 saturated carbocycles. The van der Waals surface area contributed by atoms with Gasteiger partial charge in [-0.25, -0.2) is 0 Å². The minimum atomic E-state index is 0.0331. The van der Waals surface area contributed by atoms with Crippen molar-refractivity contribution in [1.29, 1.82) is 0 Å². The number of rotatable bonds is 6. The van der Waals surface area contributed by atoms with Crippen LogP contribution in [-0.2, 0) is 4.79 Å². The summed E-state index contributed by atoms with van der Waals surface area (Å²) in [6, 6.07) is 14.5. The third-order valence-corrected chi connectivity index (χ3v) is 4.53. The molecule has 4 heteroatoms. The molecule has 0 unspecified atom stereocenters. The summed E-state index contributed by atoms with van der Waals surface area (Å²) in [4.78, 5) is 14.5. The Morgan fingerprint density at radius 2 is 1.60 bits per heavy atom. The summed E-state index contributed by atoms with van der Waals surface area (Å²) in [5.41, 5.74) is 5.63. The molecule has 0 bridgehead atoms. The number of carbonyl (C=O) groups excluding carboxylic acids is 1. The largest absolute Gasteiger partial charge is 0.385 e. The SMILES string of the molecule is Cc1cc(C)cc(NCCC(=O)Nc2ccc(N3CCCC3)cc2)c1. The Balaban J connectivity index is 1.45. The Labute approximate surface area is 150 Å². The van der Waals surface area contributed by atoms with Crippen LogP contribution in [0.15, 0.2) is 42.5 Å². The van der Waals surface area contributed by atoms with Crippen LogP contribution in [0, 0.1) is 13.8 Å². The van der Waals surface area contributed by atoms with Crippen molar-refractivity contribution in [3.8, 4) is 0 Å². The van der Waals surface area contributed by atoms with Crippen LogP contribution in [-0.4, -0.2) is 25.5 Å². The van der Waals surface area contributed by atoms with E-state index in [1.807, 2.05) is 12.1 Å². The second kappa shape index (κ2) is 8.06. The van der Waals surface area contributed by atoms with E-state index in [-0.39, 0.29) is 5.91 Å². The minimum Gasteiger partial charge on any atom is -0.385 e. The van der Waals surface area contributed by atoms with Crippen molar-refractivity contribution < 1.29 is 4.79 Å². The summed E-state index contributed by atoms with van der Waals surface area (Å²) in [6.07, 6.45) is 2.98. The van der Waals surface area contributed by atoms with Crippen LogP contribution < -0.4 is 15.5 Å². The normalized spacial score (nSPS) is 13.8. The molecular weight excluding hydrogens is 310 g/mol. The molecular formula is C21H27N3O. The summed E-state index contributed by atoms with van der Waals surface area (Å²) in [6.45, 7) is 7.06. The van der Waals surface area contributed by atoms with E-state index in [9.17, 15) is 4.79 Å². The van der Waals surface area contributed by atoms with Gasteiger partial charge in [-0.05, 0) is 74.2 Å². The molecule has 2 aromatic rings. The molecule has 0 spiro atoms. The first-order valence-corrected chi connectivity index (χ1v) is 9.07. The van der Waals surface area contributed by atoms with E-state index in [4.69, 9.17) is 0 Å². The van der Waals surface area contributed by atoms with Crippen LogP contribution in [0.2, 0.25) is 0 Å². The number of carbonyl (C=O) groups is 1. The van der Waals surface area contributed by atoms with Gasteiger partial charge in [0.25, 0.3) is 0 Å². The van der Waals surface area contributed by atoms with E-state index in [1.165, 1.54) is 29.7 Å². The molecule has 1 amide bonds. The number of nitrogens with zero attached hydrogens (tertiary/aromatic N) is 1. The number of hydrogen-bond acceptors (Lipinski definition) is 3. The summed E-state index contributed by atoms with van der Waals surface area (Å²) < 4.78 is 0. The fourth-order valence-corrected chi connectivity index (χ4v) is 3.35. The van der Waals surface area contributed by atoms with Gasteiger partial charge in [-0.1, -0.05) is 6.07 Å². The number of benzene rings is 2. The maximum absolute atomic E-state index is 12.1. The standard InChI is InChI=1S/C21H27N3O/c1-16-13-17(2)15-19(14-16)22-10-9-21(25)23-18-5-7-20(8-6-18)24-11-3-4-12-24/h5-8,13-15,22H,3-4,9-12H2,1-2H3,(H,23,25). The lowest BCUT2D eigenvalue weighted by atomic mass is 10.1. The Morgan fingerprint density at radius 3 is 2.24 bits per heavy atom. The molecule has 3 rings (SSSR count). The number of hydrogen-bond donors (Lipinski definition) is 2. The van der Waals surface area contributed by atoms with Gasteiger partial charge in [-0.15, -0.1) is 0 Å². The van der Waals surface area contributed by atoms with Gasteiger partial charge in [-0.2, -0.15) is 0 Å². The van der Waals surface area contributed by atoms with E-state index < -0.39 is 0 Å². The number of aryl methyl sites for hydroxylation is 2. The predicted molar refractivity (Wildman–Crippen MR) is 106 cm³/mol. The Kier molecular flexibility index (Phi) is 5.59. The smallest absolute Gasteiger partial charge is 0.226 e. The Hall–Kier alpha value is -2.49. The molecule has 0 atom stereocenters. The maximum Gasteiger partial charge on any atom is 0.226 e. The molecule has 1 aliphatic rings. The van der Waals surface area contributed by atoms with Crippen molar-refractivity contribution >= 4 is 23.0 Å². The van der Waals surface area contributed by atoms with Crippen molar-refractivity contribution in [2.75, 3.05) is 35.2 Å². The van der Waals surface area contributed by atoms with Crippen LogP contribution in [0.3, 0.4) is 0 Å². The Bertz CT molecular complexity index is 698. The first kappa shape index (κ1) is 17.3. The van der Waals surface area contributed by atoms with E-state index >= 15 is 0 Å². The zero-order valence-electron chi connectivity index (χ0n) is 15.1. The molecule has 0 aliphatic carbocycles. The number of amides is 1. The van der Waals surface area contributed by atoms with Gasteiger partial charge in [-0.3, -0.25) is 4.79 Å². The quantitative estimate of drug-likeness (QED) is 0.824. The first-order valence-electron chi connectivity index (χ1n) is 9.07. The molecule has 0 aromatic heterocycles. The molecule has 4 nitrogen and oxygen atoms in total. The van der Waals surface area contributed by atoms with Crippen molar-refractivity contribution in [2.45, 2.75) is 33.1 Å². The molecule has 2 aromatic carbocycles. The minimum absolute atomic E-state index is 0.0331. The lowest BCUT2D eigenvalue weighted by Crippen LogP contribution is -2.18. The van der Waals surface area contributed by atoms with Crippen molar-refractivity contribution in [3.05, 3.63) is 53.6 Å². The van der Waals surface area contributed by atoms with Gasteiger partial charge < -0.3 is 15.5 Å². The highest BCUT2D eigenvalue weighted by molar-refractivity contribution is 5.91. The lowest BCUT2D eigenvalue weighted by Gasteiger charge is -2.17. The van der Waals surface area contributed by atoms with Crippen LogP contribution in [0.25, 0.3) is 0 Å². The first-order chi connectivity index (χ1) is 12.1. The van der Waals surface area contributed by atoms with Crippen molar-refractivity contribution in [1.82, 2.24) is 0 Å². The topological polar surface area (TPSA) is 44.4 Å². The van der Waals surface area contributed by atoms with Gasteiger partial charge in [0.1, 0.15) is 0 Å². The zero-order chi connectivity index (χ0) is 17.6. The van der Waals surface area contributed by atoms with Crippen LogP contribution >= 0.6 is 0 Å². The molecule has 1 fully saturated rings. The second-order valence-electron chi connectivity index (χ2n) is 6.84. The highest BCUT2D eigenvalue weighted by Crippen LogP contribution is 2.22. The molecule has 25 heavy (non-hydrogen) atoms. The highest BCUT2D eigenvalue weighted by Gasteiger charge is 2.12. The van der Waals surface area contributed by atoms with Crippen LogP contribution in [0.5, 0.6) is 0 Å². The molecule has 1 saturated heterocycles. The molecule has 1 heterocycles. The monoisotopic (exact) mass is 337 g/mol. The van der Waals surface area contributed by atoms with Crippen LogP contribution in [0.1, 0.15) is 30.4 Å². The molecule has 132 valence electrons. The second-order valence-corrected chi connectivity index (χ2v) is 6.84. The third-order valence-electron chi connectivity index (χ3n) is 4.53. The van der Waals surface area contributed by atoms with Crippen LogP contribution in [0.4, 0.5) is 17.1 Å². The van der Waals surface area contributed by atoms with Gasteiger partial charge in [0.05, 0.1) is 0 Å². The van der Waals surface area contributed by atoms with Crippen molar-refractivity contribution in [2.24, 2.45) is 0 Å². The van der Waals surface area contributed by atoms with Gasteiger partial charge in [0, 0.05) is 43.1 Å². The molecule has 0 radical (unpaired) electrons. The predicted octanol–water partition coefficient (Wildman–Crippen LogP) is 4.34. The fourth-order valence-electron chi connectivity index (χ4n) is 3.35. The molecule has 1 aliphatic heterocycles. The lowest BCUT2D eigenvalue weighted by molar-refractivity contribution is -0.115. The van der Waals surface area contributed by atoms with Gasteiger partial charge >= 0.3 is 0 Å². The van der Waals surface area contributed by atoms with E-state index in [0.29, 0.717) is 13.0 Å². The summed E-state index contributed by atoms with van der Waals surface area (Å²) in [5, 5.41) is 6.29. The van der Waals surface area contributed by atoms with Crippen molar-refractivity contribution in [3.63, 3.8) is 0 Å². The van der Waals surface area contributed by atoms with E-state index in [0.717, 1.165) is 24.5 Å². The van der Waals surface area contributed by atoms with Gasteiger partial charge in [0.2, 0.25) is 5.91 Å². The van der Waals surface area contributed by atoms with E-state index in [2.05, 4.69) is 59.7 Å². The average Bonchev–Trinajstić information content (AvgIpc) is 3.09. The zero-order valence-corrected chi connectivity index (χ0v) is 15.1. The number of anilines is 3. The summed E-state index contributed by atoms with van der Waals surface area (Å²) >= 11 is 0. The van der Waals surface area contributed by atoms with E-state index in [1.54, 1.807) is 0 Å². The highest BCUT2D eigenvalue weighted by atomic mass is 16.1. The summed E-state index contributed by atoms with van der Waals surface area (Å²) in [7, 11) is 0.